The Morgan fingerprint density at radius 3 is 2.39 bits per heavy atom. The molecule has 0 aromatic heterocycles. The molecule has 0 unspecified atom stereocenters. The minimum atomic E-state index is -0.171. The summed E-state index contributed by atoms with van der Waals surface area (Å²) in [7, 11) is 0. The van der Waals surface area contributed by atoms with Crippen LogP contribution in [0.1, 0.15) is 36.8 Å². The molecule has 1 spiro atoms. The molecule has 1 saturated heterocycles. The average molecular weight is 401 g/mol. The summed E-state index contributed by atoms with van der Waals surface area (Å²) in [5.41, 5.74) is 3.51. The van der Waals surface area contributed by atoms with Gasteiger partial charge in [-0.2, -0.15) is 0 Å². The third-order valence-corrected chi connectivity index (χ3v) is 7.24. The van der Waals surface area contributed by atoms with Crippen LogP contribution in [0.4, 0.5) is 10.1 Å². The molecule has 0 atom stereocenters. The molecular weight excluding hydrogens is 375 g/mol. The minimum absolute atomic E-state index is 0.118. The molecular formula is C23H26ClFN2O. The van der Waals surface area contributed by atoms with E-state index in [1.54, 1.807) is 12.1 Å². The number of halogens is 2. The Bertz CT molecular complexity index is 840. The molecule has 0 bridgehead atoms. The maximum absolute atomic E-state index is 13.2. The SMILES string of the molecule is Fc1ccc(N2CCN(C3CCC4(CC3)OCc3c(Cl)cccc34)CC2)cc1. The summed E-state index contributed by atoms with van der Waals surface area (Å²) in [5, 5.41) is 0.841. The quantitative estimate of drug-likeness (QED) is 0.707. The number of hydrogen-bond donors (Lipinski definition) is 0. The minimum Gasteiger partial charge on any atom is -0.369 e. The summed E-state index contributed by atoms with van der Waals surface area (Å²) in [6.45, 7) is 4.79. The summed E-state index contributed by atoms with van der Waals surface area (Å²) >= 11 is 6.38. The molecule has 5 heteroatoms. The smallest absolute Gasteiger partial charge is 0.123 e. The topological polar surface area (TPSA) is 15.7 Å². The molecule has 2 heterocycles. The number of anilines is 1. The van der Waals surface area contributed by atoms with Gasteiger partial charge in [-0.1, -0.05) is 23.7 Å². The van der Waals surface area contributed by atoms with E-state index >= 15 is 0 Å². The van der Waals surface area contributed by atoms with E-state index in [1.807, 2.05) is 18.2 Å². The van der Waals surface area contributed by atoms with Gasteiger partial charge in [0.1, 0.15) is 5.82 Å². The number of piperazine rings is 1. The van der Waals surface area contributed by atoms with Crippen LogP contribution in [0.25, 0.3) is 0 Å². The van der Waals surface area contributed by atoms with E-state index in [0.717, 1.165) is 49.7 Å². The normalized spacial score (nSPS) is 27.9. The highest BCUT2D eigenvalue weighted by molar-refractivity contribution is 6.31. The van der Waals surface area contributed by atoms with E-state index in [-0.39, 0.29) is 11.4 Å². The highest BCUT2D eigenvalue weighted by Crippen LogP contribution is 2.49. The maximum atomic E-state index is 13.2. The number of ether oxygens (including phenoxy) is 1. The van der Waals surface area contributed by atoms with E-state index in [0.29, 0.717) is 12.6 Å². The highest BCUT2D eigenvalue weighted by atomic mass is 35.5. The Morgan fingerprint density at radius 1 is 0.964 bits per heavy atom. The van der Waals surface area contributed by atoms with Crippen LogP contribution >= 0.6 is 11.6 Å². The molecule has 3 nitrogen and oxygen atoms in total. The highest BCUT2D eigenvalue weighted by Gasteiger charge is 2.44. The molecule has 148 valence electrons. The maximum Gasteiger partial charge on any atom is 0.123 e. The second-order valence-electron chi connectivity index (χ2n) is 8.28. The number of fused-ring (bicyclic) bond motifs is 2. The standard InChI is InChI=1S/C23H26ClFN2O/c24-22-3-1-2-21-20(22)16-28-23(21)10-8-19(9-11-23)27-14-12-26(13-15-27)18-6-4-17(25)5-7-18/h1-7,19H,8-16H2. The van der Waals surface area contributed by atoms with Crippen molar-refractivity contribution >= 4 is 17.3 Å². The second kappa shape index (κ2) is 7.33. The van der Waals surface area contributed by atoms with Crippen LogP contribution in [-0.2, 0) is 16.9 Å². The van der Waals surface area contributed by atoms with Gasteiger partial charge in [-0.25, -0.2) is 4.39 Å². The zero-order valence-corrected chi connectivity index (χ0v) is 16.8. The summed E-state index contributed by atoms with van der Waals surface area (Å²) < 4.78 is 19.5. The zero-order chi connectivity index (χ0) is 19.1. The lowest BCUT2D eigenvalue weighted by Crippen LogP contribution is -2.52. The Balaban J connectivity index is 1.20. The molecule has 0 amide bonds. The summed E-state index contributed by atoms with van der Waals surface area (Å²) in [4.78, 5) is 5.00. The average Bonchev–Trinajstić information content (AvgIpc) is 3.09. The van der Waals surface area contributed by atoms with Crippen molar-refractivity contribution in [2.24, 2.45) is 0 Å². The van der Waals surface area contributed by atoms with Crippen molar-refractivity contribution in [1.82, 2.24) is 4.90 Å². The lowest BCUT2D eigenvalue weighted by Gasteiger charge is -2.45. The molecule has 2 aromatic rings. The predicted molar refractivity (Wildman–Crippen MR) is 110 cm³/mol. The largest absolute Gasteiger partial charge is 0.369 e. The van der Waals surface area contributed by atoms with Crippen LogP contribution in [0.5, 0.6) is 0 Å². The fourth-order valence-electron chi connectivity index (χ4n) is 5.27. The predicted octanol–water partition coefficient (Wildman–Crippen LogP) is 4.97. The van der Waals surface area contributed by atoms with Crippen molar-refractivity contribution in [2.45, 2.75) is 43.9 Å². The van der Waals surface area contributed by atoms with Crippen molar-refractivity contribution in [3.8, 4) is 0 Å². The van der Waals surface area contributed by atoms with Gasteiger partial charge in [0.15, 0.2) is 0 Å². The van der Waals surface area contributed by atoms with Gasteiger partial charge in [0.05, 0.1) is 12.2 Å². The van der Waals surface area contributed by atoms with Gasteiger partial charge in [-0.15, -0.1) is 0 Å². The molecule has 1 saturated carbocycles. The molecule has 2 aromatic carbocycles. The van der Waals surface area contributed by atoms with Crippen LogP contribution in [0, 0.1) is 5.82 Å². The van der Waals surface area contributed by atoms with Crippen molar-refractivity contribution in [1.29, 1.82) is 0 Å². The first-order valence-electron chi connectivity index (χ1n) is 10.3. The molecule has 0 N–H and O–H groups in total. The number of nitrogens with zero attached hydrogens (tertiary/aromatic N) is 2. The molecule has 1 aliphatic carbocycles. The number of benzene rings is 2. The lowest BCUT2D eigenvalue weighted by atomic mass is 9.77. The first kappa shape index (κ1) is 18.4. The summed E-state index contributed by atoms with van der Waals surface area (Å²) in [5.74, 6) is -0.171. The summed E-state index contributed by atoms with van der Waals surface area (Å²) in [6.07, 6.45) is 4.48. The first-order valence-corrected chi connectivity index (χ1v) is 10.7. The molecule has 0 radical (unpaired) electrons. The Morgan fingerprint density at radius 2 is 1.68 bits per heavy atom. The van der Waals surface area contributed by atoms with E-state index in [4.69, 9.17) is 16.3 Å². The lowest BCUT2D eigenvalue weighted by molar-refractivity contribution is -0.0777. The second-order valence-corrected chi connectivity index (χ2v) is 8.69. The monoisotopic (exact) mass is 400 g/mol. The van der Waals surface area contributed by atoms with E-state index < -0.39 is 0 Å². The molecule has 2 fully saturated rings. The van der Waals surface area contributed by atoms with Gasteiger partial charge >= 0.3 is 0 Å². The Labute approximate surface area is 171 Å². The number of hydrogen-bond acceptors (Lipinski definition) is 3. The molecule has 28 heavy (non-hydrogen) atoms. The number of rotatable bonds is 2. The summed E-state index contributed by atoms with van der Waals surface area (Å²) in [6, 6.07) is 13.7. The fourth-order valence-corrected chi connectivity index (χ4v) is 5.49. The Hall–Kier alpha value is -1.62. The molecule has 2 aliphatic heterocycles. The molecule has 5 rings (SSSR count). The van der Waals surface area contributed by atoms with Gasteiger partial charge < -0.3 is 9.64 Å². The zero-order valence-electron chi connectivity index (χ0n) is 16.0. The Kier molecular flexibility index (Phi) is 4.82. The van der Waals surface area contributed by atoms with Crippen LogP contribution in [-0.4, -0.2) is 37.1 Å². The van der Waals surface area contributed by atoms with Gasteiger partial charge in [0, 0.05) is 48.5 Å². The third-order valence-electron chi connectivity index (χ3n) is 6.89. The molecule has 3 aliphatic rings. The first-order chi connectivity index (χ1) is 13.6. The fraction of sp³-hybridized carbons (Fsp3) is 0.478. The van der Waals surface area contributed by atoms with Gasteiger partial charge in [-0.05, 0) is 61.6 Å². The van der Waals surface area contributed by atoms with E-state index in [2.05, 4.69) is 21.9 Å². The van der Waals surface area contributed by atoms with Crippen molar-refractivity contribution in [3.63, 3.8) is 0 Å². The van der Waals surface area contributed by atoms with E-state index in [1.165, 1.54) is 24.0 Å². The van der Waals surface area contributed by atoms with Gasteiger partial charge in [0.25, 0.3) is 0 Å². The van der Waals surface area contributed by atoms with Crippen molar-refractivity contribution < 1.29 is 9.13 Å². The van der Waals surface area contributed by atoms with Crippen LogP contribution < -0.4 is 4.90 Å². The van der Waals surface area contributed by atoms with Crippen LogP contribution in [0.2, 0.25) is 5.02 Å². The van der Waals surface area contributed by atoms with Crippen molar-refractivity contribution in [3.05, 3.63) is 64.4 Å². The van der Waals surface area contributed by atoms with Crippen LogP contribution in [0.3, 0.4) is 0 Å². The van der Waals surface area contributed by atoms with Crippen molar-refractivity contribution in [2.75, 3.05) is 31.1 Å². The third kappa shape index (κ3) is 3.22. The van der Waals surface area contributed by atoms with Gasteiger partial charge in [-0.3, -0.25) is 4.90 Å². The van der Waals surface area contributed by atoms with Gasteiger partial charge in [0.2, 0.25) is 0 Å². The van der Waals surface area contributed by atoms with Crippen LogP contribution in [0.15, 0.2) is 42.5 Å². The van der Waals surface area contributed by atoms with E-state index in [9.17, 15) is 4.39 Å².